The molecule has 0 N–H and O–H groups in total. The molecule has 4 aromatic heterocycles. The van der Waals surface area contributed by atoms with Crippen LogP contribution in [0.15, 0.2) is 186 Å². The van der Waals surface area contributed by atoms with Gasteiger partial charge >= 0.3 is 0 Å². The van der Waals surface area contributed by atoms with Crippen molar-refractivity contribution in [1.82, 2.24) is 19.1 Å². The standard InChI is InChI=1S/C50H30N4O/c1-3-14-31(15-4-1)47-39-22-7-10-23-42(39)51-50(52-47)32-16-13-19-34(28-32)54-43-24-11-8-20-35(43)37-26-27-38-40-29-41-36-21-9-12-25-45(36)55-46(41)30-44(40)53(49(38)48(37)54)33-17-5-2-6-18-33/h1-30H. The van der Waals surface area contributed by atoms with Crippen molar-refractivity contribution in [2.75, 3.05) is 0 Å². The SMILES string of the molecule is c1ccc(-c2nc(-c3cccc(-n4c5ccccc5c5ccc6c7cc8c(cc7n(-c7ccccc7)c6c54)oc4ccccc48)c3)nc3ccccc23)cc1. The van der Waals surface area contributed by atoms with Crippen LogP contribution in [0.2, 0.25) is 0 Å². The first kappa shape index (κ1) is 30.0. The molecule has 0 unspecified atom stereocenters. The van der Waals surface area contributed by atoms with E-state index in [4.69, 9.17) is 14.4 Å². The molecule has 55 heavy (non-hydrogen) atoms. The minimum Gasteiger partial charge on any atom is -0.456 e. The van der Waals surface area contributed by atoms with Crippen LogP contribution >= 0.6 is 0 Å². The molecule has 8 aromatic carbocycles. The first-order chi connectivity index (χ1) is 27.3. The third kappa shape index (κ3) is 4.41. The normalized spacial score (nSPS) is 12.0. The zero-order valence-corrected chi connectivity index (χ0v) is 29.5. The number of hydrogen-bond acceptors (Lipinski definition) is 3. The highest BCUT2D eigenvalue weighted by molar-refractivity contribution is 6.25. The maximum absolute atomic E-state index is 6.46. The van der Waals surface area contributed by atoms with Crippen molar-refractivity contribution < 1.29 is 4.42 Å². The first-order valence-electron chi connectivity index (χ1n) is 18.6. The molecule has 0 spiro atoms. The molecule has 0 saturated heterocycles. The van der Waals surface area contributed by atoms with Crippen LogP contribution in [0.5, 0.6) is 0 Å². The lowest BCUT2D eigenvalue weighted by Crippen LogP contribution is -2.00. The Hall–Kier alpha value is -7.50. The maximum Gasteiger partial charge on any atom is 0.160 e. The summed E-state index contributed by atoms with van der Waals surface area (Å²) in [6, 6.07) is 64.2. The predicted octanol–water partition coefficient (Wildman–Crippen LogP) is 13.1. The summed E-state index contributed by atoms with van der Waals surface area (Å²) in [5.41, 5.74) is 12.3. The Labute approximate surface area is 315 Å². The topological polar surface area (TPSA) is 48.8 Å². The number of nitrogens with zero attached hydrogens (tertiary/aromatic N) is 4. The molecule has 0 fully saturated rings. The molecule has 5 heteroatoms. The van der Waals surface area contributed by atoms with E-state index in [0.29, 0.717) is 5.82 Å². The second-order valence-electron chi connectivity index (χ2n) is 14.2. The largest absolute Gasteiger partial charge is 0.456 e. The fourth-order valence-electron chi connectivity index (χ4n) is 8.68. The van der Waals surface area contributed by atoms with E-state index >= 15 is 0 Å². The van der Waals surface area contributed by atoms with Crippen LogP contribution < -0.4 is 0 Å². The summed E-state index contributed by atoms with van der Waals surface area (Å²) < 4.78 is 11.3. The quantitative estimate of drug-likeness (QED) is 0.183. The fraction of sp³-hybridized carbons (Fsp3) is 0. The average Bonchev–Trinajstić information content (AvgIpc) is 3.90. The molecule has 12 rings (SSSR count). The summed E-state index contributed by atoms with van der Waals surface area (Å²) in [5.74, 6) is 0.693. The smallest absolute Gasteiger partial charge is 0.160 e. The van der Waals surface area contributed by atoms with Crippen molar-refractivity contribution in [3.8, 4) is 34.0 Å². The average molecular weight is 703 g/mol. The Balaban J connectivity index is 1.18. The van der Waals surface area contributed by atoms with Crippen LogP contribution in [-0.2, 0) is 0 Å². The fourth-order valence-corrected chi connectivity index (χ4v) is 8.68. The number of rotatable bonds is 4. The van der Waals surface area contributed by atoms with E-state index in [0.717, 1.165) is 83.1 Å². The Morgan fingerprint density at radius 2 is 1.00 bits per heavy atom. The molecule has 12 aromatic rings. The van der Waals surface area contributed by atoms with Gasteiger partial charge in [0.1, 0.15) is 11.2 Å². The van der Waals surface area contributed by atoms with Gasteiger partial charge in [-0.3, -0.25) is 0 Å². The van der Waals surface area contributed by atoms with Gasteiger partial charge in [-0.1, -0.05) is 127 Å². The molecular weight excluding hydrogens is 673 g/mol. The van der Waals surface area contributed by atoms with Gasteiger partial charge in [-0.15, -0.1) is 0 Å². The molecule has 0 aliphatic heterocycles. The van der Waals surface area contributed by atoms with Crippen molar-refractivity contribution in [2.45, 2.75) is 0 Å². The van der Waals surface area contributed by atoms with Gasteiger partial charge in [0.15, 0.2) is 5.82 Å². The van der Waals surface area contributed by atoms with E-state index in [1.165, 1.54) is 21.5 Å². The van der Waals surface area contributed by atoms with Gasteiger partial charge in [0.25, 0.3) is 0 Å². The predicted molar refractivity (Wildman–Crippen MR) is 226 cm³/mol. The van der Waals surface area contributed by atoms with E-state index in [1.807, 2.05) is 24.3 Å². The Bertz CT molecular complexity index is 3480. The van der Waals surface area contributed by atoms with Gasteiger partial charge in [-0.25, -0.2) is 9.97 Å². The molecule has 0 aliphatic rings. The van der Waals surface area contributed by atoms with Crippen LogP contribution in [0, 0.1) is 0 Å². The van der Waals surface area contributed by atoms with Crippen LogP contribution in [0.3, 0.4) is 0 Å². The number of fused-ring (bicyclic) bond motifs is 11. The van der Waals surface area contributed by atoms with Crippen LogP contribution in [0.25, 0.3) is 110 Å². The van der Waals surface area contributed by atoms with Crippen molar-refractivity contribution in [2.24, 2.45) is 0 Å². The number of hydrogen-bond donors (Lipinski definition) is 0. The summed E-state index contributed by atoms with van der Waals surface area (Å²) in [5, 5.41) is 8.03. The minimum atomic E-state index is 0.693. The highest BCUT2D eigenvalue weighted by atomic mass is 16.3. The second kappa shape index (κ2) is 11.5. The molecule has 4 heterocycles. The number of aromatic nitrogens is 4. The van der Waals surface area contributed by atoms with Crippen molar-refractivity contribution in [1.29, 1.82) is 0 Å². The summed E-state index contributed by atoms with van der Waals surface area (Å²) in [6.45, 7) is 0. The molecule has 256 valence electrons. The van der Waals surface area contributed by atoms with Gasteiger partial charge in [-0.2, -0.15) is 0 Å². The maximum atomic E-state index is 6.46. The lowest BCUT2D eigenvalue weighted by atomic mass is 10.1. The van der Waals surface area contributed by atoms with E-state index in [2.05, 4.69) is 167 Å². The zero-order valence-electron chi connectivity index (χ0n) is 29.5. The lowest BCUT2D eigenvalue weighted by Gasteiger charge is -2.14. The minimum absolute atomic E-state index is 0.693. The van der Waals surface area contributed by atoms with Crippen LogP contribution in [-0.4, -0.2) is 19.1 Å². The highest BCUT2D eigenvalue weighted by Gasteiger charge is 2.23. The molecule has 0 amide bonds. The summed E-state index contributed by atoms with van der Waals surface area (Å²) >= 11 is 0. The molecule has 0 atom stereocenters. The second-order valence-corrected chi connectivity index (χ2v) is 14.2. The van der Waals surface area contributed by atoms with Crippen molar-refractivity contribution in [3.05, 3.63) is 182 Å². The number of furan rings is 1. The number of benzene rings is 8. The van der Waals surface area contributed by atoms with Gasteiger partial charge in [0.2, 0.25) is 0 Å². The lowest BCUT2D eigenvalue weighted by molar-refractivity contribution is 0.669. The summed E-state index contributed by atoms with van der Waals surface area (Å²) in [4.78, 5) is 10.4. The number of para-hydroxylation sites is 4. The summed E-state index contributed by atoms with van der Waals surface area (Å²) in [7, 11) is 0. The van der Waals surface area contributed by atoms with Gasteiger partial charge in [-0.05, 0) is 48.5 Å². The Kier molecular flexibility index (Phi) is 6.27. The molecule has 5 nitrogen and oxygen atoms in total. The molecule has 0 aliphatic carbocycles. The molecular formula is C50H30N4O. The van der Waals surface area contributed by atoms with Gasteiger partial charge < -0.3 is 13.6 Å². The summed E-state index contributed by atoms with van der Waals surface area (Å²) in [6.07, 6.45) is 0. The van der Waals surface area contributed by atoms with Crippen LogP contribution in [0.1, 0.15) is 0 Å². The highest BCUT2D eigenvalue weighted by Crippen LogP contribution is 2.44. The third-order valence-electron chi connectivity index (χ3n) is 11.1. The van der Waals surface area contributed by atoms with E-state index in [9.17, 15) is 0 Å². The van der Waals surface area contributed by atoms with E-state index in [-0.39, 0.29) is 0 Å². The van der Waals surface area contributed by atoms with Crippen molar-refractivity contribution >= 4 is 76.5 Å². The zero-order chi connectivity index (χ0) is 36.0. The Morgan fingerprint density at radius 1 is 0.364 bits per heavy atom. The van der Waals surface area contributed by atoms with Crippen LogP contribution in [0.4, 0.5) is 0 Å². The third-order valence-corrected chi connectivity index (χ3v) is 11.1. The monoisotopic (exact) mass is 702 g/mol. The first-order valence-corrected chi connectivity index (χ1v) is 18.6. The van der Waals surface area contributed by atoms with Crippen molar-refractivity contribution in [3.63, 3.8) is 0 Å². The molecule has 0 bridgehead atoms. The van der Waals surface area contributed by atoms with Gasteiger partial charge in [0.05, 0.1) is 33.3 Å². The molecule has 0 radical (unpaired) electrons. The van der Waals surface area contributed by atoms with E-state index < -0.39 is 0 Å². The van der Waals surface area contributed by atoms with Gasteiger partial charge in [0, 0.05) is 66.3 Å². The molecule has 0 saturated carbocycles. The Morgan fingerprint density at radius 3 is 1.84 bits per heavy atom. The van der Waals surface area contributed by atoms with E-state index in [1.54, 1.807) is 0 Å².